The Morgan fingerprint density at radius 1 is 0.444 bits per heavy atom. The summed E-state index contributed by atoms with van der Waals surface area (Å²) in [7, 11) is 1.21. The average molecular weight is 651 g/mol. The molecule has 2 aliphatic heterocycles. The second-order valence-electron chi connectivity index (χ2n) is 9.90. The lowest BCUT2D eigenvalue weighted by Crippen LogP contribution is -2.67. The number of rotatable bonds is 12. The lowest BCUT2D eigenvalue weighted by Gasteiger charge is -2.48. The summed E-state index contributed by atoms with van der Waals surface area (Å²) in [5.41, 5.74) is 0. The van der Waals surface area contributed by atoms with Crippen molar-refractivity contribution in [3.8, 4) is 0 Å². The lowest BCUT2D eigenvalue weighted by atomic mass is 9.96. The highest BCUT2D eigenvalue weighted by Crippen LogP contribution is 2.35. The van der Waals surface area contributed by atoms with Crippen LogP contribution in [0.2, 0.25) is 0 Å². The SMILES string of the molecule is CO[C@H]1O[C@H](COC(C)=O)[C@H](OC(C)=O)[C@H](O[C@@H]2O[C@H](COC(C)=O)[C@@H](OC(C)=O)[C@H](OC(C)=O)[C@H]2OC(C)=O)[C@H]1OC(C)=O. The first-order valence-corrected chi connectivity index (χ1v) is 13.7. The molecule has 0 saturated carbocycles. The molecule has 0 aromatic rings. The summed E-state index contributed by atoms with van der Waals surface area (Å²) < 4.78 is 60.6. The van der Waals surface area contributed by atoms with Gasteiger partial charge < -0.3 is 52.1 Å². The molecule has 254 valence electrons. The smallest absolute Gasteiger partial charge is 0.303 e. The summed E-state index contributed by atoms with van der Waals surface area (Å²) in [6.45, 7) is 6.47. The van der Waals surface area contributed by atoms with E-state index in [4.69, 9.17) is 52.1 Å². The van der Waals surface area contributed by atoms with Gasteiger partial charge in [-0.25, -0.2) is 0 Å². The standard InChI is InChI=1S/C27H38O18/c1-11(28)36-9-18-21(39-14(4)31)23(24(41-16(6)33)26(35-8)43-18)45-27-25(42-17(7)34)22(40-15(5)32)20(38-13(3)30)19(44-27)10-37-12(2)29/h18-27H,9-10H2,1-8H3/t18-,19-,20-,21+,22+,23+,24-,25-,26+,27+/m1/s1. The third-order valence-electron chi connectivity index (χ3n) is 6.12. The van der Waals surface area contributed by atoms with Crippen molar-refractivity contribution in [3.05, 3.63) is 0 Å². The normalized spacial score (nSPS) is 31.0. The predicted octanol–water partition coefficient (Wildman–Crippen LogP) is -0.747. The van der Waals surface area contributed by atoms with Crippen LogP contribution in [0, 0.1) is 0 Å². The third kappa shape index (κ3) is 11.2. The van der Waals surface area contributed by atoms with Gasteiger partial charge in [-0.15, -0.1) is 0 Å². The van der Waals surface area contributed by atoms with Gasteiger partial charge in [0.05, 0.1) is 0 Å². The van der Waals surface area contributed by atoms with Gasteiger partial charge in [0.25, 0.3) is 0 Å². The van der Waals surface area contributed by atoms with Crippen LogP contribution >= 0.6 is 0 Å². The summed E-state index contributed by atoms with van der Waals surface area (Å²) in [6.07, 6.45) is -15.1. The highest BCUT2D eigenvalue weighted by atomic mass is 16.8. The first kappa shape index (κ1) is 37.3. The molecule has 0 aromatic carbocycles. The lowest BCUT2D eigenvalue weighted by molar-refractivity contribution is -0.360. The van der Waals surface area contributed by atoms with Crippen molar-refractivity contribution in [1.29, 1.82) is 0 Å². The molecule has 2 heterocycles. The maximum absolute atomic E-state index is 12.2. The van der Waals surface area contributed by atoms with Crippen LogP contribution in [0.1, 0.15) is 48.5 Å². The molecule has 2 saturated heterocycles. The highest BCUT2D eigenvalue weighted by molar-refractivity contribution is 5.69. The molecule has 2 fully saturated rings. The van der Waals surface area contributed by atoms with Crippen molar-refractivity contribution in [2.45, 2.75) is 110 Å². The third-order valence-corrected chi connectivity index (χ3v) is 6.12. The molecule has 10 atom stereocenters. The fraction of sp³-hybridized carbons (Fsp3) is 0.741. The maximum Gasteiger partial charge on any atom is 0.303 e. The van der Waals surface area contributed by atoms with E-state index in [1.165, 1.54) is 7.11 Å². The van der Waals surface area contributed by atoms with E-state index in [-0.39, 0.29) is 0 Å². The number of hydrogen-bond acceptors (Lipinski definition) is 18. The summed E-state index contributed by atoms with van der Waals surface area (Å²) in [5, 5.41) is 0. The molecule has 2 aliphatic rings. The fourth-order valence-electron chi connectivity index (χ4n) is 4.66. The Hall–Kier alpha value is -3.87. The molecule has 2 rings (SSSR count). The number of esters is 7. The molecule has 0 unspecified atom stereocenters. The molecule has 45 heavy (non-hydrogen) atoms. The Balaban J connectivity index is 2.70. The van der Waals surface area contributed by atoms with E-state index in [0.717, 1.165) is 48.5 Å². The van der Waals surface area contributed by atoms with Crippen LogP contribution in [0.4, 0.5) is 0 Å². The van der Waals surface area contributed by atoms with Gasteiger partial charge in [-0.1, -0.05) is 0 Å². The summed E-state index contributed by atoms with van der Waals surface area (Å²) >= 11 is 0. The van der Waals surface area contributed by atoms with Crippen molar-refractivity contribution in [2.24, 2.45) is 0 Å². The minimum atomic E-state index is -1.77. The Morgan fingerprint density at radius 3 is 1.16 bits per heavy atom. The largest absolute Gasteiger partial charge is 0.463 e. The molecule has 0 N–H and O–H groups in total. The highest BCUT2D eigenvalue weighted by Gasteiger charge is 2.57. The van der Waals surface area contributed by atoms with Crippen molar-refractivity contribution >= 4 is 41.8 Å². The molecule has 0 bridgehead atoms. The fourth-order valence-corrected chi connectivity index (χ4v) is 4.66. The minimum absolute atomic E-state index is 0.474. The van der Waals surface area contributed by atoms with E-state index < -0.39 is 116 Å². The van der Waals surface area contributed by atoms with Gasteiger partial charge in [0.15, 0.2) is 43.1 Å². The Morgan fingerprint density at radius 2 is 0.778 bits per heavy atom. The Labute approximate surface area is 258 Å². The zero-order valence-corrected chi connectivity index (χ0v) is 26.0. The first-order valence-electron chi connectivity index (χ1n) is 13.7. The van der Waals surface area contributed by atoms with Crippen molar-refractivity contribution in [3.63, 3.8) is 0 Å². The second kappa shape index (κ2) is 17.0. The quantitative estimate of drug-likeness (QED) is 0.187. The molecule has 18 nitrogen and oxygen atoms in total. The van der Waals surface area contributed by atoms with Gasteiger partial charge in [0.1, 0.15) is 31.5 Å². The predicted molar refractivity (Wildman–Crippen MR) is 140 cm³/mol. The van der Waals surface area contributed by atoms with Crippen LogP contribution in [-0.2, 0) is 85.7 Å². The molecule has 18 heteroatoms. The van der Waals surface area contributed by atoms with Gasteiger partial charge in [-0.2, -0.15) is 0 Å². The summed E-state index contributed by atoms with van der Waals surface area (Å²) in [6, 6.07) is 0. The Kier molecular flexibility index (Phi) is 14.1. The molecular weight excluding hydrogens is 612 g/mol. The van der Waals surface area contributed by atoms with E-state index in [9.17, 15) is 33.6 Å². The zero-order valence-electron chi connectivity index (χ0n) is 26.0. The molecule has 0 radical (unpaired) electrons. The average Bonchev–Trinajstić information content (AvgIpc) is 2.90. The van der Waals surface area contributed by atoms with Gasteiger partial charge in [0.2, 0.25) is 0 Å². The molecule has 0 spiro atoms. The van der Waals surface area contributed by atoms with Crippen molar-refractivity contribution in [1.82, 2.24) is 0 Å². The number of methoxy groups -OCH3 is 1. The van der Waals surface area contributed by atoms with E-state index in [1.807, 2.05) is 0 Å². The van der Waals surface area contributed by atoms with Crippen molar-refractivity contribution < 1.29 is 85.7 Å². The maximum atomic E-state index is 12.2. The van der Waals surface area contributed by atoms with Crippen LogP contribution in [-0.4, -0.2) is 124 Å². The van der Waals surface area contributed by atoms with Crippen LogP contribution in [0.5, 0.6) is 0 Å². The number of carbonyl (C=O) groups excluding carboxylic acids is 7. The van der Waals surface area contributed by atoms with E-state index in [2.05, 4.69) is 0 Å². The zero-order chi connectivity index (χ0) is 34.0. The van der Waals surface area contributed by atoms with E-state index >= 15 is 0 Å². The van der Waals surface area contributed by atoms with Gasteiger partial charge in [-0.3, -0.25) is 33.6 Å². The summed E-state index contributed by atoms with van der Waals surface area (Å²) in [5.74, 6) is -5.76. The summed E-state index contributed by atoms with van der Waals surface area (Å²) in [4.78, 5) is 84.1. The monoisotopic (exact) mass is 650 g/mol. The van der Waals surface area contributed by atoms with Crippen molar-refractivity contribution in [2.75, 3.05) is 20.3 Å². The number of hydrogen-bond donors (Lipinski definition) is 0. The number of ether oxygens (including phenoxy) is 11. The van der Waals surface area contributed by atoms with E-state index in [1.54, 1.807) is 0 Å². The number of carbonyl (C=O) groups is 7. The van der Waals surface area contributed by atoms with E-state index in [0.29, 0.717) is 0 Å². The second-order valence-corrected chi connectivity index (χ2v) is 9.90. The minimum Gasteiger partial charge on any atom is -0.463 e. The van der Waals surface area contributed by atoms with Crippen LogP contribution in [0.15, 0.2) is 0 Å². The molecule has 0 aromatic heterocycles. The van der Waals surface area contributed by atoms with Crippen LogP contribution in [0.25, 0.3) is 0 Å². The molecule has 0 amide bonds. The van der Waals surface area contributed by atoms with Crippen LogP contribution < -0.4 is 0 Å². The topological polar surface area (TPSA) is 221 Å². The first-order chi connectivity index (χ1) is 21.0. The van der Waals surface area contributed by atoms with Gasteiger partial charge in [-0.05, 0) is 0 Å². The molecular formula is C27H38O18. The van der Waals surface area contributed by atoms with Gasteiger partial charge in [0, 0.05) is 55.6 Å². The molecule has 0 aliphatic carbocycles. The Bertz CT molecular complexity index is 1110. The van der Waals surface area contributed by atoms with Gasteiger partial charge >= 0.3 is 41.8 Å². The van der Waals surface area contributed by atoms with Crippen LogP contribution in [0.3, 0.4) is 0 Å².